The topological polar surface area (TPSA) is 13.1 Å². The van der Waals surface area contributed by atoms with Crippen molar-refractivity contribution in [1.82, 2.24) is 0 Å². The summed E-state index contributed by atoms with van der Waals surface area (Å²) in [7, 11) is 0. The standard InChI is InChI=1S/C44H26O/c1-2-14-30-28(12-1)29-13-3-4-15-31(29)39-26-27(24-25-32(30)39)42-33-16-5-7-18-35(33)43(36-19-8-6-17-34(36)42)38-21-11-23-41-44(38)37-20-9-10-22-40(37)45-41/h1-26H/i1D,2D,3D,4D,5D,6D,7D,8D,9D,10D,11D,12D,13D,15D,16D,17D,18D,19D,20D,21D,22D,23D,24D,25D,26D. The molecule has 0 aliphatic rings. The normalized spacial score (nSPS) is 19.8. The number of furan rings is 1. The highest BCUT2D eigenvalue weighted by atomic mass is 16.3. The average molecular weight is 596 g/mol. The first-order valence-electron chi connectivity index (χ1n) is 26.0. The van der Waals surface area contributed by atoms with Crippen molar-refractivity contribution in [2.45, 2.75) is 0 Å². The smallest absolute Gasteiger partial charge is 0.136 e. The van der Waals surface area contributed by atoms with Gasteiger partial charge in [0.1, 0.15) is 11.2 Å². The van der Waals surface area contributed by atoms with Crippen molar-refractivity contribution in [3.8, 4) is 22.3 Å². The molecule has 0 bridgehead atoms. The van der Waals surface area contributed by atoms with Gasteiger partial charge in [0, 0.05) is 10.8 Å². The second kappa shape index (κ2) is 9.29. The molecule has 10 aromatic rings. The molecule has 0 atom stereocenters. The van der Waals surface area contributed by atoms with E-state index >= 15 is 0 Å². The molecule has 1 heteroatoms. The number of benzene rings is 9. The third-order valence-corrected chi connectivity index (χ3v) is 7.84. The molecule has 1 nitrogen and oxygen atoms in total. The van der Waals surface area contributed by atoms with Crippen LogP contribution in [0, 0.1) is 0 Å². The molecule has 208 valence electrons. The van der Waals surface area contributed by atoms with Crippen molar-refractivity contribution in [3.05, 3.63) is 157 Å². The second-order valence-electron chi connectivity index (χ2n) is 10.1. The van der Waals surface area contributed by atoms with Crippen molar-refractivity contribution in [3.63, 3.8) is 0 Å². The fourth-order valence-corrected chi connectivity index (χ4v) is 6.02. The van der Waals surface area contributed by atoms with E-state index < -0.39 is 238 Å². The van der Waals surface area contributed by atoms with E-state index in [-0.39, 0.29) is 10.8 Å². The van der Waals surface area contributed by atoms with Crippen LogP contribution in [-0.4, -0.2) is 0 Å². The zero-order valence-electron chi connectivity index (χ0n) is 47.5. The summed E-state index contributed by atoms with van der Waals surface area (Å²) in [6, 6.07) is -19.9. The lowest BCUT2D eigenvalue weighted by Crippen LogP contribution is -1.92. The zero-order chi connectivity index (χ0) is 51.2. The summed E-state index contributed by atoms with van der Waals surface area (Å²) < 4.78 is 232. The molecular weight excluding hydrogens is 544 g/mol. The van der Waals surface area contributed by atoms with E-state index in [9.17, 15) is 11.0 Å². The maximum absolute atomic E-state index is 10.0. The molecule has 0 unspecified atom stereocenters. The molecule has 0 radical (unpaired) electrons. The number of rotatable bonds is 2. The van der Waals surface area contributed by atoms with Crippen LogP contribution in [0.4, 0.5) is 0 Å². The van der Waals surface area contributed by atoms with E-state index in [1.165, 1.54) is 0 Å². The van der Waals surface area contributed by atoms with Crippen LogP contribution in [0.2, 0.25) is 0 Å². The van der Waals surface area contributed by atoms with Gasteiger partial charge in [-0.3, -0.25) is 0 Å². The molecule has 1 aromatic heterocycles. The van der Waals surface area contributed by atoms with Crippen molar-refractivity contribution >= 4 is 75.8 Å². The lowest BCUT2D eigenvalue weighted by atomic mass is 9.84. The van der Waals surface area contributed by atoms with Crippen molar-refractivity contribution in [2.24, 2.45) is 0 Å². The van der Waals surface area contributed by atoms with Gasteiger partial charge in [-0.2, -0.15) is 0 Å². The van der Waals surface area contributed by atoms with Gasteiger partial charge in [0.2, 0.25) is 0 Å². The fourth-order valence-electron chi connectivity index (χ4n) is 6.02. The van der Waals surface area contributed by atoms with Gasteiger partial charge in [-0.1, -0.05) is 139 Å². The summed E-state index contributed by atoms with van der Waals surface area (Å²) in [6.45, 7) is 0. The Balaban J connectivity index is 1.59. The van der Waals surface area contributed by atoms with Crippen LogP contribution in [0.1, 0.15) is 34.3 Å². The van der Waals surface area contributed by atoms with E-state index in [1.807, 2.05) is 0 Å². The fraction of sp³-hybridized carbons (Fsp3) is 0. The largest absolute Gasteiger partial charge is 0.456 e. The molecule has 9 aromatic carbocycles. The lowest BCUT2D eigenvalue weighted by molar-refractivity contribution is 0.669. The summed E-state index contributed by atoms with van der Waals surface area (Å²) in [5.41, 5.74) is -3.81. The van der Waals surface area contributed by atoms with Gasteiger partial charge in [-0.05, 0) is 94.2 Å². The molecule has 10 rings (SSSR count). The summed E-state index contributed by atoms with van der Waals surface area (Å²) in [5.74, 6) is 0. The summed E-state index contributed by atoms with van der Waals surface area (Å²) in [6.07, 6.45) is 0. The Hall–Kier alpha value is -5.92. The van der Waals surface area contributed by atoms with Crippen LogP contribution < -0.4 is 0 Å². The van der Waals surface area contributed by atoms with Gasteiger partial charge < -0.3 is 4.42 Å². The van der Waals surface area contributed by atoms with Gasteiger partial charge in [0.25, 0.3) is 0 Å². The Morgan fingerprint density at radius 2 is 0.867 bits per heavy atom. The third-order valence-electron chi connectivity index (χ3n) is 7.84. The predicted octanol–water partition coefficient (Wildman–Crippen LogP) is 12.7. The highest BCUT2D eigenvalue weighted by Crippen LogP contribution is 2.47. The van der Waals surface area contributed by atoms with E-state index in [0.29, 0.717) is 0 Å². The lowest BCUT2D eigenvalue weighted by Gasteiger charge is -2.19. The van der Waals surface area contributed by atoms with E-state index in [1.54, 1.807) is 0 Å². The molecule has 0 amide bonds. The van der Waals surface area contributed by atoms with Crippen LogP contribution in [0.3, 0.4) is 0 Å². The first kappa shape index (κ1) is 10.6. The first-order valence-corrected chi connectivity index (χ1v) is 13.5. The molecule has 0 saturated heterocycles. The maximum Gasteiger partial charge on any atom is 0.136 e. The van der Waals surface area contributed by atoms with Crippen LogP contribution in [0.25, 0.3) is 98.1 Å². The van der Waals surface area contributed by atoms with Crippen LogP contribution in [0.5, 0.6) is 0 Å². The van der Waals surface area contributed by atoms with Crippen LogP contribution in [-0.2, 0) is 0 Å². The highest BCUT2D eigenvalue weighted by molar-refractivity contribution is 6.28. The Morgan fingerprint density at radius 3 is 1.58 bits per heavy atom. The minimum absolute atomic E-state index is 0.229. The maximum atomic E-state index is 10.0. The molecule has 45 heavy (non-hydrogen) atoms. The SMILES string of the molecule is [2H]c1cc2c(c([2H])c1[2H])c1c([2H])c([2H])c([2H])c([2H])c1c1c([2H])c(-c3c4c([2H])c([2H])c([2H])c([2H])c4c(-c4c([2H])c([2H])c([2H])c5oc6c([2H])c([2H])c([2H])c([2H])c6c45)c4c([2H])c([2H])c([2H])c([2H])c34)c([2H])c([2H])c21. The van der Waals surface area contributed by atoms with E-state index in [0.717, 1.165) is 6.07 Å². The average Bonchev–Trinajstić information content (AvgIpc) is 3.73. The van der Waals surface area contributed by atoms with E-state index in [4.69, 9.17) is 27.7 Å². The van der Waals surface area contributed by atoms with Crippen LogP contribution >= 0.6 is 0 Å². The molecule has 0 aliphatic carbocycles. The minimum Gasteiger partial charge on any atom is -0.456 e. The van der Waals surface area contributed by atoms with Crippen LogP contribution in [0.15, 0.2) is 162 Å². The van der Waals surface area contributed by atoms with Crippen molar-refractivity contribution in [2.75, 3.05) is 0 Å². The number of hydrogen-bond acceptors (Lipinski definition) is 1. The monoisotopic (exact) mass is 595 g/mol. The Morgan fingerprint density at radius 1 is 0.356 bits per heavy atom. The summed E-state index contributed by atoms with van der Waals surface area (Å²) >= 11 is 0. The van der Waals surface area contributed by atoms with Gasteiger partial charge in [0.05, 0.1) is 34.3 Å². The summed E-state index contributed by atoms with van der Waals surface area (Å²) in [5, 5.41) is -5.92. The Labute approximate surface area is 294 Å². The number of hydrogen-bond donors (Lipinski definition) is 0. The number of para-hydroxylation sites is 1. The third kappa shape index (κ3) is 3.44. The van der Waals surface area contributed by atoms with Gasteiger partial charge in [-0.15, -0.1) is 0 Å². The molecular formula is C44H26O. The molecule has 0 saturated carbocycles. The Kier molecular flexibility index (Phi) is 2.19. The first-order chi connectivity index (χ1) is 32.7. The molecule has 1 heterocycles. The summed E-state index contributed by atoms with van der Waals surface area (Å²) in [4.78, 5) is 0. The molecule has 0 spiro atoms. The van der Waals surface area contributed by atoms with Gasteiger partial charge >= 0.3 is 0 Å². The second-order valence-corrected chi connectivity index (χ2v) is 10.1. The molecule has 0 N–H and O–H groups in total. The minimum atomic E-state index is -0.959. The quantitative estimate of drug-likeness (QED) is 0.143. The highest BCUT2D eigenvalue weighted by Gasteiger charge is 2.20. The number of fused-ring (bicyclic) bond motifs is 11. The zero-order valence-corrected chi connectivity index (χ0v) is 22.5. The predicted molar refractivity (Wildman–Crippen MR) is 192 cm³/mol. The Bertz CT molecular complexity index is 4150. The van der Waals surface area contributed by atoms with Crippen molar-refractivity contribution < 1.29 is 38.7 Å². The van der Waals surface area contributed by atoms with Gasteiger partial charge in [-0.25, -0.2) is 0 Å². The van der Waals surface area contributed by atoms with Gasteiger partial charge in [0.15, 0.2) is 0 Å². The molecule has 0 fully saturated rings. The van der Waals surface area contributed by atoms with Crippen molar-refractivity contribution in [1.29, 1.82) is 0 Å². The van der Waals surface area contributed by atoms with E-state index in [2.05, 4.69) is 0 Å². The molecule has 0 aliphatic heterocycles.